The average molecular weight is 260 g/mol. The maximum Gasteiger partial charge on any atom is 0.138 e. The predicted octanol–water partition coefficient (Wildman–Crippen LogP) is 2.41. The molecule has 0 aliphatic rings. The predicted molar refractivity (Wildman–Crippen MR) is 61.4 cm³/mol. The zero-order valence-electron chi connectivity index (χ0n) is 9.29. The Balaban J connectivity index is 2.80. The summed E-state index contributed by atoms with van der Waals surface area (Å²) < 4.78 is 1.85. The molecule has 0 aromatic carbocycles. The van der Waals surface area contributed by atoms with Gasteiger partial charge >= 0.3 is 0 Å². The van der Waals surface area contributed by atoms with Gasteiger partial charge in [0.05, 0.1) is 0 Å². The van der Waals surface area contributed by atoms with E-state index in [1.54, 1.807) is 6.33 Å². The lowest BCUT2D eigenvalue weighted by molar-refractivity contribution is 0.250. The van der Waals surface area contributed by atoms with E-state index in [4.69, 9.17) is 0 Å². The molecule has 0 spiro atoms. The summed E-state index contributed by atoms with van der Waals surface area (Å²) in [6.07, 6.45) is 2.58. The number of hydrogen-bond donors (Lipinski definition) is 0. The monoisotopic (exact) mass is 259 g/mol. The molecule has 0 saturated carbocycles. The Hall–Kier alpha value is -0.380. The molecule has 3 nitrogen and oxygen atoms in total. The minimum Gasteiger partial charge on any atom is -0.253 e. The smallest absolute Gasteiger partial charge is 0.138 e. The molecule has 0 bridgehead atoms. The molecule has 0 amide bonds. The molecule has 0 fully saturated rings. The van der Waals surface area contributed by atoms with Crippen LogP contribution >= 0.6 is 15.9 Å². The summed E-state index contributed by atoms with van der Waals surface area (Å²) in [6.45, 7) is 6.77. The quantitative estimate of drug-likeness (QED) is 0.778. The van der Waals surface area contributed by atoms with Gasteiger partial charge in [0.15, 0.2) is 0 Å². The summed E-state index contributed by atoms with van der Waals surface area (Å²) in [7, 11) is 1.94. The van der Waals surface area contributed by atoms with Gasteiger partial charge in [-0.3, -0.25) is 4.68 Å². The van der Waals surface area contributed by atoms with Crippen molar-refractivity contribution in [2.24, 2.45) is 18.4 Å². The lowest BCUT2D eigenvalue weighted by atomic mass is 9.78. The van der Waals surface area contributed by atoms with Crippen LogP contribution in [0.25, 0.3) is 0 Å². The Morgan fingerprint density at radius 1 is 1.57 bits per heavy atom. The second-order valence-corrected chi connectivity index (χ2v) is 4.98. The fourth-order valence-electron chi connectivity index (χ4n) is 1.25. The first-order chi connectivity index (χ1) is 6.49. The van der Waals surface area contributed by atoms with Crippen molar-refractivity contribution in [2.45, 2.75) is 27.2 Å². The fraction of sp³-hybridized carbons (Fsp3) is 0.800. The highest BCUT2D eigenvalue weighted by molar-refractivity contribution is 9.09. The van der Waals surface area contributed by atoms with E-state index in [9.17, 15) is 0 Å². The summed E-state index contributed by atoms with van der Waals surface area (Å²) in [6, 6.07) is 0. The molecule has 1 aromatic heterocycles. The van der Waals surface area contributed by atoms with Gasteiger partial charge in [-0.2, -0.15) is 5.10 Å². The van der Waals surface area contributed by atoms with Crippen molar-refractivity contribution >= 4 is 15.9 Å². The summed E-state index contributed by atoms with van der Waals surface area (Å²) in [5.41, 5.74) is 0.251. The van der Waals surface area contributed by atoms with Crippen LogP contribution in [0.4, 0.5) is 0 Å². The molecule has 1 unspecified atom stereocenters. The average Bonchev–Trinajstić information content (AvgIpc) is 2.51. The molecule has 0 aliphatic carbocycles. The standard InChI is InChI=1S/C10H18BrN3/c1-8(2)10(3,6-11)5-9-12-7-13-14(9)4/h7-8H,5-6H2,1-4H3. The largest absolute Gasteiger partial charge is 0.253 e. The van der Waals surface area contributed by atoms with E-state index in [-0.39, 0.29) is 5.41 Å². The SMILES string of the molecule is CC(C)C(C)(CBr)Cc1ncnn1C. The lowest BCUT2D eigenvalue weighted by Gasteiger charge is -2.31. The molecule has 0 radical (unpaired) electrons. The third kappa shape index (κ3) is 2.35. The van der Waals surface area contributed by atoms with Crippen LogP contribution in [-0.2, 0) is 13.5 Å². The van der Waals surface area contributed by atoms with Gasteiger partial charge in [-0.05, 0) is 11.3 Å². The number of rotatable bonds is 4. The van der Waals surface area contributed by atoms with Crippen molar-refractivity contribution in [1.29, 1.82) is 0 Å². The van der Waals surface area contributed by atoms with E-state index in [1.807, 2.05) is 11.7 Å². The van der Waals surface area contributed by atoms with E-state index >= 15 is 0 Å². The van der Waals surface area contributed by atoms with E-state index in [1.165, 1.54) is 0 Å². The van der Waals surface area contributed by atoms with Crippen molar-refractivity contribution < 1.29 is 0 Å². The molecular formula is C10H18BrN3. The normalized spacial score (nSPS) is 15.9. The van der Waals surface area contributed by atoms with Crippen molar-refractivity contribution in [3.8, 4) is 0 Å². The molecule has 1 rings (SSSR count). The van der Waals surface area contributed by atoms with Gasteiger partial charge in [0, 0.05) is 18.8 Å². The van der Waals surface area contributed by atoms with Crippen LogP contribution in [0.1, 0.15) is 26.6 Å². The van der Waals surface area contributed by atoms with Gasteiger partial charge in [0.1, 0.15) is 12.2 Å². The minimum atomic E-state index is 0.251. The van der Waals surface area contributed by atoms with Gasteiger partial charge in [0.25, 0.3) is 0 Å². The summed E-state index contributed by atoms with van der Waals surface area (Å²) in [5, 5.41) is 5.08. The van der Waals surface area contributed by atoms with E-state index in [2.05, 4.69) is 46.8 Å². The van der Waals surface area contributed by atoms with Crippen LogP contribution in [0.15, 0.2) is 6.33 Å². The Labute approximate surface area is 94.0 Å². The lowest BCUT2D eigenvalue weighted by Crippen LogP contribution is -2.29. The van der Waals surface area contributed by atoms with Crippen LogP contribution in [-0.4, -0.2) is 20.1 Å². The van der Waals surface area contributed by atoms with Gasteiger partial charge in [0.2, 0.25) is 0 Å². The van der Waals surface area contributed by atoms with Crippen molar-refractivity contribution in [3.63, 3.8) is 0 Å². The molecule has 1 aromatic rings. The van der Waals surface area contributed by atoms with Gasteiger partial charge in [-0.15, -0.1) is 0 Å². The second-order valence-electron chi connectivity index (χ2n) is 4.42. The first-order valence-corrected chi connectivity index (χ1v) is 6.00. The number of halogens is 1. The van der Waals surface area contributed by atoms with Crippen molar-refractivity contribution in [1.82, 2.24) is 14.8 Å². The molecule has 0 aliphatic heterocycles. The minimum absolute atomic E-state index is 0.251. The summed E-state index contributed by atoms with van der Waals surface area (Å²) in [5.74, 6) is 1.68. The van der Waals surface area contributed by atoms with Crippen molar-refractivity contribution in [2.75, 3.05) is 5.33 Å². The highest BCUT2D eigenvalue weighted by Gasteiger charge is 2.29. The molecule has 1 heterocycles. The maximum absolute atomic E-state index is 4.26. The summed E-state index contributed by atoms with van der Waals surface area (Å²) in [4.78, 5) is 4.26. The number of aryl methyl sites for hydroxylation is 1. The number of aromatic nitrogens is 3. The Morgan fingerprint density at radius 3 is 2.57 bits per heavy atom. The van der Waals surface area contributed by atoms with Gasteiger partial charge in [-0.25, -0.2) is 4.98 Å². The second kappa shape index (κ2) is 4.43. The molecule has 0 saturated heterocycles. The molecule has 1 atom stereocenters. The molecule has 14 heavy (non-hydrogen) atoms. The van der Waals surface area contributed by atoms with Crippen LogP contribution in [0.2, 0.25) is 0 Å². The third-order valence-corrected chi connectivity index (χ3v) is 4.35. The van der Waals surface area contributed by atoms with E-state index in [0.29, 0.717) is 5.92 Å². The first-order valence-electron chi connectivity index (χ1n) is 4.88. The van der Waals surface area contributed by atoms with Gasteiger partial charge < -0.3 is 0 Å². The Kier molecular flexibility index (Phi) is 3.70. The maximum atomic E-state index is 4.26. The van der Waals surface area contributed by atoms with Crippen LogP contribution in [0.5, 0.6) is 0 Å². The molecule has 80 valence electrons. The molecule has 0 N–H and O–H groups in total. The number of alkyl halides is 1. The summed E-state index contributed by atoms with van der Waals surface area (Å²) >= 11 is 3.59. The Morgan fingerprint density at radius 2 is 2.21 bits per heavy atom. The molecular weight excluding hydrogens is 242 g/mol. The zero-order valence-corrected chi connectivity index (χ0v) is 10.9. The highest BCUT2D eigenvalue weighted by Crippen LogP contribution is 2.32. The van der Waals surface area contributed by atoms with Crippen LogP contribution < -0.4 is 0 Å². The number of nitrogens with zero attached hydrogens (tertiary/aromatic N) is 3. The van der Waals surface area contributed by atoms with Gasteiger partial charge in [-0.1, -0.05) is 36.7 Å². The van der Waals surface area contributed by atoms with Crippen LogP contribution in [0.3, 0.4) is 0 Å². The van der Waals surface area contributed by atoms with Crippen LogP contribution in [0, 0.1) is 11.3 Å². The number of hydrogen-bond acceptors (Lipinski definition) is 2. The first kappa shape index (κ1) is 11.7. The Bertz CT molecular complexity index is 295. The van der Waals surface area contributed by atoms with Crippen molar-refractivity contribution in [3.05, 3.63) is 12.2 Å². The fourth-order valence-corrected chi connectivity index (χ4v) is 2.09. The topological polar surface area (TPSA) is 30.7 Å². The third-order valence-electron chi connectivity index (χ3n) is 3.07. The highest BCUT2D eigenvalue weighted by atomic mass is 79.9. The van der Waals surface area contributed by atoms with E-state index < -0.39 is 0 Å². The molecule has 4 heteroatoms. The van der Waals surface area contributed by atoms with E-state index in [0.717, 1.165) is 17.6 Å². The zero-order chi connectivity index (χ0) is 10.8.